The van der Waals surface area contributed by atoms with Crippen LogP contribution in [0, 0.1) is 11.3 Å². The number of hydrogen-bond donors (Lipinski definition) is 0. The molecule has 9 rings (SSSR count). The Morgan fingerprint density at radius 3 is 1.96 bits per heavy atom. The van der Waals surface area contributed by atoms with E-state index in [1.165, 1.54) is 27.1 Å². The van der Waals surface area contributed by atoms with E-state index in [1.54, 1.807) is 0 Å². The average molecular weight is 624 g/mol. The summed E-state index contributed by atoms with van der Waals surface area (Å²) in [5.74, 6) is 0. The third-order valence-corrected chi connectivity index (χ3v) is 9.42. The third-order valence-electron chi connectivity index (χ3n) is 9.42. The Labute approximate surface area is 284 Å². The number of benzene rings is 7. The zero-order valence-corrected chi connectivity index (χ0v) is 26.6. The second-order valence-electron chi connectivity index (χ2n) is 12.3. The van der Waals surface area contributed by atoms with Crippen molar-refractivity contribution in [2.45, 2.75) is 0 Å². The quantitative estimate of drug-likeness (QED) is 0.191. The van der Waals surface area contributed by atoms with E-state index in [0.717, 1.165) is 55.9 Å². The van der Waals surface area contributed by atoms with Gasteiger partial charge in [0.05, 0.1) is 34.1 Å². The molecule has 0 saturated heterocycles. The van der Waals surface area contributed by atoms with Crippen molar-refractivity contribution in [3.8, 4) is 56.5 Å². The largest absolute Gasteiger partial charge is 0.309 e. The molecule has 0 bridgehead atoms. The first kappa shape index (κ1) is 28.5. The smallest absolute Gasteiger partial charge is 0.0998 e. The first-order valence-electron chi connectivity index (χ1n) is 16.4. The number of hydrogen-bond acceptors (Lipinski definition) is 2. The molecule has 228 valence electrons. The fourth-order valence-corrected chi connectivity index (χ4v) is 7.13. The minimum Gasteiger partial charge on any atom is -0.309 e. The number of aromatic nitrogens is 2. The first-order chi connectivity index (χ1) is 24.2. The van der Waals surface area contributed by atoms with E-state index >= 15 is 0 Å². The number of pyridine rings is 1. The van der Waals surface area contributed by atoms with Gasteiger partial charge in [-0.3, -0.25) is 0 Å². The van der Waals surface area contributed by atoms with Gasteiger partial charge in [0.1, 0.15) is 0 Å². The highest BCUT2D eigenvalue weighted by molar-refractivity contribution is 6.11. The van der Waals surface area contributed by atoms with Crippen LogP contribution in [0.4, 0.5) is 0 Å². The van der Waals surface area contributed by atoms with Crippen LogP contribution in [0.25, 0.3) is 83.0 Å². The second kappa shape index (κ2) is 11.8. The molecule has 0 N–H and O–H groups in total. The highest BCUT2D eigenvalue weighted by Crippen LogP contribution is 2.39. The fourth-order valence-electron chi connectivity index (χ4n) is 7.13. The minimum absolute atomic E-state index is 0.636. The van der Waals surface area contributed by atoms with Crippen molar-refractivity contribution in [3.05, 3.63) is 181 Å². The maximum absolute atomic E-state index is 10.1. The van der Waals surface area contributed by atoms with E-state index in [-0.39, 0.29) is 0 Å². The van der Waals surface area contributed by atoms with Crippen LogP contribution in [0.2, 0.25) is 0 Å². The number of nitrogens with zero attached hydrogens (tertiary/aromatic N) is 3. The van der Waals surface area contributed by atoms with Gasteiger partial charge in [-0.1, -0.05) is 127 Å². The lowest BCUT2D eigenvalue weighted by atomic mass is 9.96. The van der Waals surface area contributed by atoms with Crippen LogP contribution in [-0.2, 0) is 0 Å². The standard InChI is InChI=1S/C46H29N3/c47-30-34-15-5-6-17-38(34)35-26-36(44-22-11-21-43(48-44)32-13-2-1-3-14-32)28-37(27-35)49-45-23-9-8-19-41(45)42-25-24-33(29-46(42)49)40-20-10-16-31-12-4-7-18-39(31)40/h1-29H. The summed E-state index contributed by atoms with van der Waals surface area (Å²) in [5, 5.41) is 14.9. The van der Waals surface area contributed by atoms with Crippen molar-refractivity contribution in [3.63, 3.8) is 0 Å². The molecule has 0 amide bonds. The van der Waals surface area contributed by atoms with Gasteiger partial charge in [-0.25, -0.2) is 4.98 Å². The van der Waals surface area contributed by atoms with Crippen LogP contribution < -0.4 is 0 Å². The van der Waals surface area contributed by atoms with Gasteiger partial charge in [0.25, 0.3) is 0 Å². The summed E-state index contributed by atoms with van der Waals surface area (Å²) in [5.41, 5.74) is 11.9. The molecule has 3 heteroatoms. The molecule has 0 spiro atoms. The van der Waals surface area contributed by atoms with E-state index in [0.29, 0.717) is 5.56 Å². The molecule has 0 atom stereocenters. The van der Waals surface area contributed by atoms with Crippen molar-refractivity contribution >= 4 is 32.6 Å². The molecular weight excluding hydrogens is 595 g/mol. The Morgan fingerprint density at radius 2 is 1.08 bits per heavy atom. The van der Waals surface area contributed by atoms with E-state index in [2.05, 4.69) is 144 Å². The van der Waals surface area contributed by atoms with Crippen LogP contribution in [0.3, 0.4) is 0 Å². The Balaban J connectivity index is 1.32. The molecule has 0 aliphatic carbocycles. The fraction of sp³-hybridized carbons (Fsp3) is 0. The zero-order chi connectivity index (χ0) is 32.7. The van der Waals surface area contributed by atoms with Gasteiger partial charge in [-0.2, -0.15) is 5.26 Å². The van der Waals surface area contributed by atoms with Crippen LogP contribution >= 0.6 is 0 Å². The van der Waals surface area contributed by atoms with Gasteiger partial charge in [-0.15, -0.1) is 0 Å². The number of fused-ring (bicyclic) bond motifs is 4. The lowest BCUT2D eigenvalue weighted by Gasteiger charge is -2.15. The maximum atomic E-state index is 10.1. The van der Waals surface area contributed by atoms with Crippen molar-refractivity contribution in [1.82, 2.24) is 9.55 Å². The molecule has 3 nitrogen and oxygen atoms in total. The lowest BCUT2D eigenvalue weighted by Crippen LogP contribution is -1.97. The molecule has 49 heavy (non-hydrogen) atoms. The number of para-hydroxylation sites is 1. The molecule has 9 aromatic rings. The number of rotatable bonds is 5. The van der Waals surface area contributed by atoms with Gasteiger partial charge < -0.3 is 4.57 Å². The highest BCUT2D eigenvalue weighted by atomic mass is 15.0. The monoisotopic (exact) mass is 623 g/mol. The van der Waals surface area contributed by atoms with Crippen LogP contribution in [0.5, 0.6) is 0 Å². The Kier molecular flexibility index (Phi) is 6.85. The van der Waals surface area contributed by atoms with E-state index < -0.39 is 0 Å². The van der Waals surface area contributed by atoms with Crippen molar-refractivity contribution in [1.29, 1.82) is 5.26 Å². The number of nitriles is 1. The lowest BCUT2D eigenvalue weighted by molar-refractivity contribution is 1.18. The van der Waals surface area contributed by atoms with Gasteiger partial charge in [0.2, 0.25) is 0 Å². The van der Waals surface area contributed by atoms with Gasteiger partial charge in [0, 0.05) is 27.6 Å². The molecule has 2 heterocycles. The van der Waals surface area contributed by atoms with Crippen LogP contribution in [0.15, 0.2) is 176 Å². The third kappa shape index (κ3) is 4.95. The summed E-state index contributed by atoms with van der Waals surface area (Å²) < 4.78 is 2.36. The second-order valence-corrected chi connectivity index (χ2v) is 12.3. The predicted octanol–water partition coefficient (Wildman–Crippen LogP) is 11.9. The molecule has 0 saturated carbocycles. The molecule has 0 aliphatic heterocycles. The SMILES string of the molecule is N#Cc1ccccc1-c1cc(-c2cccc(-c3ccccc3)n2)cc(-n2c3ccccc3c3ccc(-c4cccc5ccccc45)cc32)c1. The van der Waals surface area contributed by atoms with Gasteiger partial charge in [-0.05, 0) is 81.6 Å². The predicted molar refractivity (Wildman–Crippen MR) is 203 cm³/mol. The van der Waals surface area contributed by atoms with Gasteiger partial charge in [0.15, 0.2) is 0 Å². The summed E-state index contributed by atoms with van der Waals surface area (Å²) in [7, 11) is 0. The van der Waals surface area contributed by atoms with Crippen molar-refractivity contribution in [2.24, 2.45) is 0 Å². The van der Waals surface area contributed by atoms with E-state index in [9.17, 15) is 5.26 Å². The Bertz CT molecular complexity index is 2720. The highest BCUT2D eigenvalue weighted by Gasteiger charge is 2.17. The maximum Gasteiger partial charge on any atom is 0.0998 e. The zero-order valence-electron chi connectivity index (χ0n) is 26.6. The van der Waals surface area contributed by atoms with Gasteiger partial charge >= 0.3 is 0 Å². The summed E-state index contributed by atoms with van der Waals surface area (Å²) in [6.45, 7) is 0. The molecule has 0 unspecified atom stereocenters. The van der Waals surface area contributed by atoms with Crippen LogP contribution in [0.1, 0.15) is 5.56 Å². The van der Waals surface area contributed by atoms with Crippen LogP contribution in [-0.4, -0.2) is 9.55 Å². The molecule has 0 fully saturated rings. The minimum atomic E-state index is 0.636. The topological polar surface area (TPSA) is 41.6 Å². The van der Waals surface area contributed by atoms with Crippen molar-refractivity contribution < 1.29 is 0 Å². The normalized spacial score (nSPS) is 11.2. The van der Waals surface area contributed by atoms with E-state index in [1.807, 2.05) is 42.5 Å². The van der Waals surface area contributed by atoms with Crippen molar-refractivity contribution in [2.75, 3.05) is 0 Å². The molecule has 0 radical (unpaired) electrons. The molecule has 7 aromatic carbocycles. The van der Waals surface area contributed by atoms with E-state index in [4.69, 9.17) is 4.98 Å². The Hall–Kier alpha value is -6.76. The summed E-state index contributed by atoms with van der Waals surface area (Å²) in [4.78, 5) is 5.15. The first-order valence-corrected chi connectivity index (χ1v) is 16.4. The average Bonchev–Trinajstić information content (AvgIpc) is 3.51. The molecule has 0 aliphatic rings. The molecular formula is C46H29N3. The Morgan fingerprint density at radius 1 is 0.429 bits per heavy atom. The summed E-state index contributed by atoms with van der Waals surface area (Å²) in [6.07, 6.45) is 0. The summed E-state index contributed by atoms with van der Waals surface area (Å²) >= 11 is 0. The molecule has 2 aromatic heterocycles. The summed E-state index contributed by atoms with van der Waals surface area (Å²) in [6, 6.07) is 63.8.